The fourth-order valence-corrected chi connectivity index (χ4v) is 3.35. The highest BCUT2D eigenvalue weighted by Crippen LogP contribution is 2.30. The van der Waals surface area contributed by atoms with E-state index in [4.69, 9.17) is 0 Å². The molecule has 0 aromatic carbocycles. The van der Waals surface area contributed by atoms with E-state index in [1.54, 1.807) is 6.92 Å². The molecule has 7 heteroatoms. The van der Waals surface area contributed by atoms with Crippen molar-refractivity contribution in [3.05, 3.63) is 0 Å². The van der Waals surface area contributed by atoms with Crippen LogP contribution in [0.2, 0.25) is 0 Å². The quantitative estimate of drug-likeness (QED) is 0.615. The lowest BCUT2D eigenvalue weighted by atomic mass is 9.80. The number of carbonyl (C=O) groups excluding carboxylic acids is 3. The van der Waals surface area contributed by atoms with E-state index in [2.05, 4.69) is 20.9 Å². The summed E-state index contributed by atoms with van der Waals surface area (Å²) in [4.78, 5) is 37.5. The molecule has 7 nitrogen and oxygen atoms in total. The molecule has 4 amide bonds. The summed E-state index contributed by atoms with van der Waals surface area (Å²) in [5, 5.41) is 8.03. The summed E-state index contributed by atoms with van der Waals surface area (Å²) in [5.41, 5.74) is -0.861. The van der Waals surface area contributed by atoms with Gasteiger partial charge in [0.05, 0.1) is 6.54 Å². The van der Waals surface area contributed by atoms with Gasteiger partial charge in [0.25, 0.3) is 5.91 Å². The third kappa shape index (κ3) is 3.24. The van der Waals surface area contributed by atoms with Crippen LogP contribution in [0.1, 0.15) is 32.6 Å². The van der Waals surface area contributed by atoms with Crippen molar-refractivity contribution in [3.63, 3.8) is 0 Å². The Labute approximate surface area is 130 Å². The normalized spacial score (nSPS) is 32.5. The molecule has 0 spiro atoms. The molecule has 0 bridgehead atoms. The lowest BCUT2D eigenvalue weighted by Gasteiger charge is -2.39. The SMILES string of the molecule is C[C@@]1([C@@H]2CCCN(CC(=O)NCC3CC3)C2)NC(=O)NC1=O. The van der Waals surface area contributed by atoms with Crippen LogP contribution in [0.4, 0.5) is 4.79 Å². The third-order valence-corrected chi connectivity index (χ3v) is 5.05. The summed E-state index contributed by atoms with van der Waals surface area (Å²) in [7, 11) is 0. The molecule has 2 saturated heterocycles. The fraction of sp³-hybridized carbons (Fsp3) is 0.800. The predicted molar refractivity (Wildman–Crippen MR) is 80.0 cm³/mol. The van der Waals surface area contributed by atoms with E-state index in [1.807, 2.05) is 0 Å². The van der Waals surface area contributed by atoms with Crippen LogP contribution in [0.5, 0.6) is 0 Å². The van der Waals surface area contributed by atoms with Gasteiger partial charge in [-0.1, -0.05) is 0 Å². The van der Waals surface area contributed by atoms with Gasteiger partial charge in [0.1, 0.15) is 5.54 Å². The Kier molecular flexibility index (Phi) is 4.08. The first-order chi connectivity index (χ1) is 10.5. The number of piperidine rings is 1. The molecule has 122 valence electrons. The van der Waals surface area contributed by atoms with Crippen LogP contribution >= 0.6 is 0 Å². The largest absolute Gasteiger partial charge is 0.355 e. The molecule has 2 atom stereocenters. The molecule has 3 fully saturated rings. The highest BCUT2D eigenvalue weighted by atomic mass is 16.2. The van der Waals surface area contributed by atoms with E-state index in [0.717, 1.165) is 25.9 Å². The molecular formula is C15H24N4O3. The van der Waals surface area contributed by atoms with Gasteiger partial charge < -0.3 is 10.6 Å². The third-order valence-electron chi connectivity index (χ3n) is 5.05. The highest BCUT2D eigenvalue weighted by Gasteiger charge is 2.48. The first-order valence-electron chi connectivity index (χ1n) is 8.10. The number of amides is 4. The van der Waals surface area contributed by atoms with Gasteiger partial charge in [0.2, 0.25) is 5.91 Å². The van der Waals surface area contributed by atoms with Crippen LogP contribution in [-0.4, -0.2) is 54.5 Å². The number of imide groups is 1. The molecule has 2 heterocycles. The number of carbonyl (C=O) groups is 3. The van der Waals surface area contributed by atoms with Gasteiger partial charge in [-0.2, -0.15) is 0 Å². The minimum atomic E-state index is -0.861. The molecule has 1 saturated carbocycles. The molecule has 0 radical (unpaired) electrons. The first-order valence-corrected chi connectivity index (χ1v) is 8.10. The van der Waals surface area contributed by atoms with Crippen molar-refractivity contribution in [2.45, 2.75) is 38.1 Å². The summed E-state index contributed by atoms with van der Waals surface area (Å²) < 4.78 is 0. The van der Waals surface area contributed by atoms with Crippen LogP contribution in [0, 0.1) is 11.8 Å². The van der Waals surface area contributed by atoms with Crippen molar-refractivity contribution >= 4 is 17.8 Å². The minimum absolute atomic E-state index is 0.0314. The van der Waals surface area contributed by atoms with Gasteiger partial charge in [0.15, 0.2) is 0 Å². The summed E-state index contributed by atoms with van der Waals surface area (Å²) in [5.74, 6) is 0.499. The summed E-state index contributed by atoms with van der Waals surface area (Å²) in [6.45, 7) is 4.44. The smallest absolute Gasteiger partial charge is 0.322 e. The number of urea groups is 1. The Morgan fingerprint density at radius 3 is 2.77 bits per heavy atom. The van der Waals surface area contributed by atoms with E-state index in [9.17, 15) is 14.4 Å². The topological polar surface area (TPSA) is 90.5 Å². The average Bonchev–Trinajstić information content (AvgIpc) is 3.25. The van der Waals surface area contributed by atoms with Gasteiger partial charge in [-0.15, -0.1) is 0 Å². The monoisotopic (exact) mass is 308 g/mol. The summed E-state index contributed by atoms with van der Waals surface area (Å²) in [6, 6.07) is -0.424. The Balaban J connectivity index is 1.53. The van der Waals surface area contributed by atoms with Gasteiger partial charge >= 0.3 is 6.03 Å². The minimum Gasteiger partial charge on any atom is -0.355 e. The molecule has 0 aromatic rings. The molecule has 3 rings (SSSR count). The molecule has 3 N–H and O–H groups in total. The number of rotatable bonds is 5. The number of likely N-dealkylation sites (tertiary alicyclic amines) is 1. The predicted octanol–water partition coefficient (Wildman–Crippen LogP) is -0.177. The second-order valence-corrected chi connectivity index (χ2v) is 6.93. The van der Waals surface area contributed by atoms with Crippen molar-refractivity contribution in [2.24, 2.45) is 11.8 Å². The van der Waals surface area contributed by atoms with E-state index in [-0.39, 0.29) is 17.7 Å². The molecule has 0 unspecified atom stereocenters. The second kappa shape index (κ2) is 5.87. The van der Waals surface area contributed by atoms with Crippen LogP contribution in [0.15, 0.2) is 0 Å². The highest BCUT2D eigenvalue weighted by molar-refractivity contribution is 6.07. The Morgan fingerprint density at radius 1 is 1.36 bits per heavy atom. The lowest BCUT2D eigenvalue weighted by Crippen LogP contribution is -2.56. The molecular weight excluding hydrogens is 284 g/mol. The molecule has 22 heavy (non-hydrogen) atoms. The molecule has 2 aliphatic heterocycles. The average molecular weight is 308 g/mol. The van der Waals surface area contributed by atoms with E-state index in [1.165, 1.54) is 12.8 Å². The zero-order chi connectivity index (χ0) is 15.7. The maximum Gasteiger partial charge on any atom is 0.322 e. The van der Waals surface area contributed by atoms with Gasteiger partial charge in [-0.25, -0.2) is 4.79 Å². The second-order valence-electron chi connectivity index (χ2n) is 6.93. The fourth-order valence-electron chi connectivity index (χ4n) is 3.35. The first kappa shape index (κ1) is 15.3. The van der Waals surface area contributed by atoms with Crippen LogP contribution < -0.4 is 16.0 Å². The van der Waals surface area contributed by atoms with Gasteiger partial charge in [0, 0.05) is 19.0 Å². The zero-order valence-electron chi connectivity index (χ0n) is 13.0. The van der Waals surface area contributed by atoms with Crippen molar-refractivity contribution in [3.8, 4) is 0 Å². The zero-order valence-corrected chi connectivity index (χ0v) is 13.0. The van der Waals surface area contributed by atoms with Crippen molar-refractivity contribution in [2.75, 3.05) is 26.2 Å². The number of nitrogens with one attached hydrogen (secondary N) is 3. The Bertz CT molecular complexity index is 491. The Morgan fingerprint density at radius 2 is 2.14 bits per heavy atom. The van der Waals surface area contributed by atoms with Crippen LogP contribution in [-0.2, 0) is 9.59 Å². The van der Waals surface area contributed by atoms with Gasteiger partial charge in [-0.3, -0.25) is 19.8 Å². The Hall–Kier alpha value is -1.63. The summed E-state index contributed by atoms with van der Waals surface area (Å²) in [6.07, 6.45) is 4.25. The van der Waals surface area contributed by atoms with Crippen LogP contribution in [0.25, 0.3) is 0 Å². The number of nitrogens with zero attached hydrogens (tertiary/aromatic N) is 1. The van der Waals surface area contributed by atoms with Crippen molar-refractivity contribution in [1.29, 1.82) is 0 Å². The van der Waals surface area contributed by atoms with E-state index >= 15 is 0 Å². The van der Waals surface area contributed by atoms with Gasteiger partial charge in [-0.05, 0) is 45.1 Å². The number of hydrogen-bond donors (Lipinski definition) is 3. The van der Waals surface area contributed by atoms with E-state index < -0.39 is 11.6 Å². The maximum absolute atomic E-state index is 12.0. The standard InChI is InChI=1S/C15H24N4O3/c1-15(13(21)17-14(22)18-15)11-3-2-6-19(8-11)9-12(20)16-7-10-4-5-10/h10-11H,2-9H2,1H3,(H,16,20)(H2,17,18,21,22)/t11-,15+/m1/s1. The molecule has 0 aromatic heterocycles. The lowest BCUT2D eigenvalue weighted by molar-refractivity contribution is -0.126. The van der Waals surface area contributed by atoms with Crippen molar-refractivity contribution < 1.29 is 14.4 Å². The molecule has 1 aliphatic carbocycles. The van der Waals surface area contributed by atoms with Crippen LogP contribution in [0.3, 0.4) is 0 Å². The summed E-state index contributed by atoms with van der Waals surface area (Å²) >= 11 is 0. The molecule has 3 aliphatic rings. The van der Waals surface area contributed by atoms with E-state index in [0.29, 0.717) is 19.0 Å². The maximum atomic E-state index is 12.0. The van der Waals surface area contributed by atoms with Crippen molar-refractivity contribution in [1.82, 2.24) is 20.9 Å². The number of hydrogen-bond acceptors (Lipinski definition) is 4.